The van der Waals surface area contributed by atoms with Crippen molar-refractivity contribution in [1.29, 1.82) is 0 Å². The molecule has 4 aromatic carbocycles. The number of hydrogen-bond acceptors (Lipinski definition) is 10. The molecule has 49 heavy (non-hydrogen) atoms. The molecule has 0 aliphatic carbocycles. The third-order valence-electron chi connectivity index (χ3n) is 6.75. The van der Waals surface area contributed by atoms with Gasteiger partial charge < -0.3 is 30.2 Å². The second-order valence-electron chi connectivity index (χ2n) is 9.54. The summed E-state index contributed by atoms with van der Waals surface area (Å²) < 4.78 is 48.1. The molecule has 2 aromatic heterocycles. The number of hydrogen-bond donors (Lipinski definition) is 2. The van der Waals surface area contributed by atoms with Crippen molar-refractivity contribution in [2.45, 2.75) is 0 Å². The van der Waals surface area contributed by atoms with Crippen LogP contribution in [0.5, 0.6) is 0 Å². The first-order chi connectivity index (χ1) is 21.9. The number of nitro groups is 1. The number of esters is 2. The van der Waals surface area contributed by atoms with Crippen molar-refractivity contribution in [2.24, 2.45) is 0 Å². The second-order valence-corrected chi connectivity index (χ2v) is 11.2. The Kier molecular flexibility index (Phi) is 14.1. The molecule has 6 rings (SSSR count). The number of carbonyl (C=O) groups excluding carboxylic acids is 2. The van der Waals surface area contributed by atoms with Crippen LogP contribution in [-0.4, -0.2) is 31.1 Å². The number of nitrogen functional groups attached to an aromatic ring is 1. The zero-order chi connectivity index (χ0) is 33.3. The summed E-state index contributed by atoms with van der Waals surface area (Å²) in [5, 5.41) is 12.0. The molecule has 2 heterocycles. The number of furan rings is 2. The van der Waals surface area contributed by atoms with E-state index < -0.39 is 22.7 Å². The first kappa shape index (κ1) is 40.9. The van der Waals surface area contributed by atoms with E-state index in [1.54, 1.807) is 12.1 Å². The van der Waals surface area contributed by atoms with E-state index in [1.807, 2.05) is 0 Å². The Labute approximate surface area is 310 Å². The Hall–Kier alpha value is -4.31. The van der Waals surface area contributed by atoms with Crippen LogP contribution in [-0.2, 0) is 26.5 Å². The summed E-state index contributed by atoms with van der Waals surface area (Å²) in [5.41, 5.74) is 8.18. The van der Waals surface area contributed by atoms with Crippen LogP contribution in [0.25, 0.3) is 44.6 Å². The Morgan fingerprint density at radius 1 is 0.755 bits per heavy atom. The quantitative estimate of drug-likeness (QED) is 0.0556. The molecule has 0 aliphatic heterocycles. The first-order valence-electron chi connectivity index (χ1n) is 13.0. The molecule has 0 atom stereocenters. The van der Waals surface area contributed by atoms with Crippen LogP contribution < -0.4 is 11.9 Å². The van der Waals surface area contributed by atoms with Gasteiger partial charge in [-0.3, -0.25) is 10.1 Å². The maximum atomic E-state index is 13.1. The first-order valence-corrected chi connectivity index (χ1v) is 14.6. The van der Waals surface area contributed by atoms with Gasteiger partial charge >= 0.3 is 11.9 Å². The third kappa shape index (κ3) is 8.29. The normalized spacial score (nSPS) is 10.2. The Bertz CT molecular complexity index is 2160. The van der Waals surface area contributed by atoms with Gasteiger partial charge in [0.25, 0.3) is 5.69 Å². The fourth-order valence-corrected chi connectivity index (χ4v) is 5.43. The van der Waals surface area contributed by atoms with E-state index in [9.17, 15) is 28.5 Å². The maximum absolute atomic E-state index is 13.1. The number of nitrogens with two attached hydrogens (primary N) is 1. The molecule has 258 valence electrons. The van der Waals surface area contributed by atoms with Crippen molar-refractivity contribution in [3.05, 3.63) is 115 Å². The smallest absolute Gasteiger partial charge is 0.342 e. The minimum absolute atomic E-state index is 0. The van der Waals surface area contributed by atoms with Gasteiger partial charge in [-0.25, -0.2) is 18.4 Å². The van der Waals surface area contributed by atoms with Crippen LogP contribution in [0.2, 0.25) is 0 Å². The minimum Gasteiger partial charge on any atom is -0.465 e. The number of rotatable bonds is 5. The number of anilines is 1. The van der Waals surface area contributed by atoms with Crippen LogP contribution >= 0.6 is 44.3 Å². The third-order valence-corrected chi connectivity index (χ3v) is 8.08. The molecule has 0 amide bonds. The number of methoxy groups -OCH3 is 2. The van der Waals surface area contributed by atoms with Crippen LogP contribution in [0.4, 0.5) is 20.2 Å². The van der Waals surface area contributed by atoms with E-state index in [0.717, 1.165) is 0 Å². The minimum atomic E-state index is -0.658. The summed E-state index contributed by atoms with van der Waals surface area (Å²) in [7, 11) is 2.51. The van der Waals surface area contributed by atoms with E-state index in [4.69, 9.17) is 24.0 Å². The number of halogens is 5. The van der Waals surface area contributed by atoms with E-state index in [2.05, 4.69) is 31.9 Å². The standard InChI is InChI=1S/C16H9BrFNO5.C16H11BrFNO3.ClH.Fe.H3N/c1-23-16(20)14-10-6-11(17)12(19(21)22)7-13(10)24-15(14)8-2-4-9(18)5-3-8;1-21-16(20)14-10-6-11(17)12(19)7-13(10)22-15(14)8-2-4-9(18)5-3-8;;;/h2-7H,1H3;2-7H,19H2,1H3;1H;;1H3. The van der Waals surface area contributed by atoms with Crippen molar-refractivity contribution in [1.82, 2.24) is 6.15 Å². The number of ether oxygens (including phenoxy) is 2. The number of nitro benzene ring substituents is 1. The topological polar surface area (TPSA) is 183 Å². The molecule has 17 heteroatoms. The van der Waals surface area contributed by atoms with Crippen molar-refractivity contribution >= 4 is 89.5 Å². The maximum Gasteiger partial charge on any atom is 0.342 e. The van der Waals surface area contributed by atoms with Crippen molar-refractivity contribution < 1.29 is 58.7 Å². The summed E-state index contributed by atoms with van der Waals surface area (Å²) in [6.07, 6.45) is 0. The Morgan fingerprint density at radius 2 is 1.14 bits per heavy atom. The summed E-state index contributed by atoms with van der Waals surface area (Å²) in [4.78, 5) is 34.8. The average Bonchev–Trinajstić information content (AvgIpc) is 3.59. The molecule has 0 radical (unpaired) electrons. The SMILES string of the molecule is COC(=O)c1c(-c2ccc(F)cc2)oc2cc(N)c(Br)cc12.COC(=O)c1c(-c2ccc(F)cc2)oc2cc([N+](=O)[O-])c(Br)cc12.Cl.N.[Fe]. The van der Waals surface area contributed by atoms with Gasteiger partial charge in [0.05, 0.1) is 29.7 Å². The number of fused-ring (bicyclic) bond motifs is 2. The Morgan fingerprint density at radius 3 is 1.53 bits per heavy atom. The van der Waals surface area contributed by atoms with Crippen LogP contribution in [0.15, 0.2) is 90.6 Å². The summed E-state index contributed by atoms with van der Waals surface area (Å²) >= 11 is 6.44. The molecular weight excluding hydrogens is 843 g/mol. The van der Waals surface area contributed by atoms with E-state index in [0.29, 0.717) is 43.4 Å². The molecule has 6 aromatic rings. The fraction of sp³-hybridized carbons (Fsp3) is 0.0625. The van der Waals surface area contributed by atoms with Gasteiger partial charge in [-0.05, 0) is 92.5 Å². The molecule has 0 saturated heterocycles. The van der Waals surface area contributed by atoms with Crippen molar-refractivity contribution in [3.63, 3.8) is 0 Å². The largest absolute Gasteiger partial charge is 0.465 e. The molecule has 0 bridgehead atoms. The van der Waals surface area contributed by atoms with Gasteiger partial charge in [0.1, 0.15) is 45.4 Å². The van der Waals surface area contributed by atoms with Gasteiger partial charge in [-0.15, -0.1) is 12.4 Å². The second kappa shape index (κ2) is 16.9. The van der Waals surface area contributed by atoms with E-state index in [-0.39, 0.29) is 74.1 Å². The molecule has 0 saturated carbocycles. The monoisotopic (exact) mass is 865 g/mol. The van der Waals surface area contributed by atoms with Gasteiger partial charge in [-0.1, -0.05) is 0 Å². The van der Waals surface area contributed by atoms with Crippen LogP contribution in [0, 0.1) is 21.7 Å². The predicted molar refractivity (Wildman–Crippen MR) is 185 cm³/mol. The molecule has 0 unspecified atom stereocenters. The number of nitrogens with zero attached hydrogens (tertiary/aromatic N) is 1. The average molecular weight is 868 g/mol. The van der Waals surface area contributed by atoms with Crippen molar-refractivity contribution in [3.8, 4) is 22.6 Å². The summed E-state index contributed by atoms with van der Waals surface area (Å²) in [6.45, 7) is 0. The molecule has 0 spiro atoms. The molecule has 0 aliphatic rings. The molecule has 5 N–H and O–H groups in total. The van der Waals surface area contributed by atoms with Crippen LogP contribution in [0.3, 0.4) is 0 Å². The van der Waals surface area contributed by atoms with E-state index >= 15 is 0 Å². The zero-order valence-corrected chi connectivity index (χ0v) is 30.3. The van der Waals surface area contributed by atoms with Gasteiger partial charge in [-0.2, -0.15) is 0 Å². The van der Waals surface area contributed by atoms with E-state index in [1.165, 1.54) is 74.9 Å². The number of benzene rings is 4. The van der Waals surface area contributed by atoms with Gasteiger partial charge in [0.15, 0.2) is 0 Å². The van der Waals surface area contributed by atoms with Crippen molar-refractivity contribution in [2.75, 3.05) is 20.0 Å². The summed E-state index contributed by atoms with van der Waals surface area (Å²) in [6, 6.07) is 17.0. The summed E-state index contributed by atoms with van der Waals surface area (Å²) in [5.74, 6) is -1.52. The number of carbonyl (C=O) groups is 2. The van der Waals surface area contributed by atoms with Gasteiger partial charge in [0, 0.05) is 55.2 Å². The fourth-order valence-electron chi connectivity index (χ4n) is 4.60. The molecular formula is C32H24Br2ClF2FeN3O8. The van der Waals surface area contributed by atoms with Gasteiger partial charge in [0.2, 0.25) is 0 Å². The molecule has 0 fully saturated rings. The van der Waals surface area contributed by atoms with Crippen LogP contribution in [0.1, 0.15) is 20.7 Å². The zero-order valence-electron chi connectivity index (χ0n) is 25.2. The predicted octanol–water partition coefficient (Wildman–Crippen LogP) is 9.65. The molecule has 11 nitrogen and oxygen atoms in total. The Balaban J connectivity index is 0.000000321.